The van der Waals surface area contributed by atoms with E-state index in [9.17, 15) is 0 Å². The van der Waals surface area contributed by atoms with Crippen LogP contribution in [0.2, 0.25) is 0 Å². The van der Waals surface area contributed by atoms with Crippen LogP contribution in [-0.2, 0) is 0 Å². The van der Waals surface area contributed by atoms with Gasteiger partial charge in [0.15, 0.2) is 0 Å². The Balaban J connectivity index is 2.45. The predicted molar refractivity (Wildman–Crippen MR) is 59.4 cm³/mol. The average molecular weight is 200 g/mol. The Kier molecular flexibility index (Phi) is 4.85. The quantitative estimate of drug-likeness (QED) is 0.721. The van der Waals surface area contributed by atoms with Crippen molar-refractivity contribution in [1.29, 1.82) is 0 Å². The van der Waals surface area contributed by atoms with Crippen molar-refractivity contribution in [2.75, 3.05) is 39.8 Å². The van der Waals surface area contributed by atoms with E-state index >= 15 is 0 Å². The molecule has 0 aromatic heterocycles. The number of aliphatic hydroxyl groups excluding tert-OH is 1. The van der Waals surface area contributed by atoms with Crippen molar-refractivity contribution in [2.45, 2.75) is 26.3 Å². The Morgan fingerprint density at radius 2 is 2.07 bits per heavy atom. The van der Waals surface area contributed by atoms with E-state index in [-0.39, 0.29) is 6.61 Å². The second-order valence-corrected chi connectivity index (χ2v) is 4.81. The molecule has 0 bridgehead atoms. The maximum atomic E-state index is 8.98. The third-order valence-electron chi connectivity index (χ3n) is 2.94. The smallest absolute Gasteiger partial charge is 0.0558 e. The van der Waals surface area contributed by atoms with Gasteiger partial charge in [0, 0.05) is 32.2 Å². The van der Waals surface area contributed by atoms with Crippen molar-refractivity contribution in [1.82, 2.24) is 9.80 Å². The fraction of sp³-hybridized carbons (Fsp3) is 1.00. The van der Waals surface area contributed by atoms with Crippen LogP contribution >= 0.6 is 0 Å². The van der Waals surface area contributed by atoms with Gasteiger partial charge in [-0.2, -0.15) is 0 Å². The SMILES string of the molecule is CC(C)CC1CN(C)CCN1CCO. The summed E-state index contributed by atoms with van der Waals surface area (Å²) in [6.45, 7) is 9.06. The van der Waals surface area contributed by atoms with Crippen LogP contribution in [0.5, 0.6) is 0 Å². The van der Waals surface area contributed by atoms with Gasteiger partial charge in [-0.15, -0.1) is 0 Å². The molecule has 1 fully saturated rings. The van der Waals surface area contributed by atoms with Crippen LogP contribution < -0.4 is 0 Å². The van der Waals surface area contributed by atoms with Gasteiger partial charge < -0.3 is 10.0 Å². The summed E-state index contributed by atoms with van der Waals surface area (Å²) in [6, 6.07) is 0.640. The first-order chi connectivity index (χ1) is 6.63. The Labute approximate surface area is 87.7 Å². The van der Waals surface area contributed by atoms with Crippen LogP contribution in [0.25, 0.3) is 0 Å². The first-order valence-corrected chi connectivity index (χ1v) is 5.67. The summed E-state index contributed by atoms with van der Waals surface area (Å²) in [5.41, 5.74) is 0. The molecule has 84 valence electrons. The van der Waals surface area contributed by atoms with Gasteiger partial charge in [0.05, 0.1) is 6.61 Å². The molecule has 1 N–H and O–H groups in total. The number of β-amino-alcohol motifs (C(OH)–C–C–N with tert-alkyl or cyclic N) is 1. The Morgan fingerprint density at radius 1 is 1.36 bits per heavy atom. The lowest BCUT2D eigenvalue weighted by Gasteiger charge is -2.40. The predicted octanol–water partition coefficient (Wildman–Crippen LogP) is 0.641. The van der Waals surface area contributed by atoms with Crippen molar-refractivity contribution in [3.8, 4) is 0 Å². The molecule has 0 aromatic carbocycles. The normalized spacial score (nSPS) is 25.9. The van der Waals surface area contributed by atoms with Crippen molar-refractivity contribution in [3.05, 3.63) is 0 Å². The van der Waals surface area contributed by atoms with Gasteiger partial charge in [0.25, 0.3) is 0 Å². The van der Waals surface area contributed by atoms with Crippen LogP contribution in [0.1, 0.15) is 20.3 Å². The molecule has 1 aliphatic heterocycles. The van der Waals surface area contributed by atoms with E-state index in [1.165, 1.54) is 6.42 Å². The highest BCUT2D eigenvalue weighted by atomic mass is 16.3. The molecule has 1 aliphatic rings. The molecule has 0 radical (unpaired) electrons. The molecule has 0 spiro atoms. The minimum atomic E-state index is 0.290. The molecule has 0 aliphatic carbocycles. The van der Waals surface area contributed by atoms with E-state index in [4.69, 9.17) is 5.11 Å². The highest BCUT2D eigenvalue weighted by Crippen LogP contribution is 2.15. The third kappa shape index (κ3) is 3.56. The standard InChI is InChI=1S/C11H24N2O/c1-10(2)8-11-9-12(3)4-5-13(11)6-7-14/h10-11,14H,4-9H2,1-3H3. The van der Waals surface area contributed by atoms with Crippen molar-refractivity contribution < 1.29 is 5.11 Å². The van der Waals surface area contributed by atoms with Crippen LogP contribution in [0, 0.1) is 5.92 Å². The summed E-state index contributed by atoms with van der Waals surface area (Å²) < 4.78 is 0. The van der Waals surface area contributed by atoms with E-state index in [1.807, 2.05) is 0 Å². The molecule has 0 aromatic rings. The number of hydrogen-bond donors (Lipinski definition) is 1. The zero-order valence-corrected chi connectivity index (χ0v) is 9.74. The largest absolute Gasteiger partial charge is 0.395 e. The summed E-state index contributed by atoms with van der Waals surface area (Å²) in [7, 11) is 2.18. The van der Waals surface area contributed by atoms with E-state index in [0.29, 0.717) is 6.04 Å². The molecule has 3 nitrogen and oxygen atoms in total. The minimum Gasteiger partial charge on any atom is -0.395 e. The number of hydrogen-bond acceptors (Lipinski definition) is 3. The lowest BCUT2D eigenvalue weighted by atomic mass is 10.0. The summed E-state index contributed by atoms with van der Waals surface area (Å²) in [6.07, 6.45) is 1.24. The van der Waals surface area contributed by atoms with E-state index in [1.54, 1.807) is 0 Å². The van der Waals surface area contributed by atoms with Gasteiger partial charge in [-0.25, -0.2) is 0 Å². The van der Waals surface area contributed by atoms with Gasteiger partial charge in [-0.3, -0.25) is 4.90 Å². The monoisotopic (exact) mass is 200 g/mol. The zero-order chi connectivity index (χ0) is 10.6. The number of rotatable bonds is 4. The van der Waals surface area contributed by atoms with Gasteiger partial charge >= 0.3 is 0 Å². The maximum Gasteiger partial charge on any atom is 0.0558 e. The molecular formula is C11H24N2O. The topological polar surface area (TPSA) is 26.7 Å². The van der Waals surface area contributed by atoms with Crippen molar-refractivity contribution in [2.24, 2.45) is 5.92 Å². The molecule has 14 heavy (non-hydrogen) atoms. The molecule has 3 heteroatoms. The summed E-state index contributed by atoms with van der Waals surface area (Å²) in [5.74, 6) is 0.743. The number of nitrogens with zero attached hydrogens (tertiary/aromatic N) is 2. The van der Waals surface area contributed by atoms with Crippen LogP contribution in [0.15, 0.2) is 0 Å². The van der Waals surface area contributed by atoms with Gasteiger partial charge in [-0.05, 0) is 19.4 Å². The van der Waals surface area contributed by atoms with Crippen molar-refractivity contribution >= 4 is 0 Å². The zero-order valence-electron chi connectivity index (χ0n) is 9.74. The fourth-order valence-electron chi connectivity index (χ4n) is 2.24. The van der Waals surface area contributed by atoms with Gasteiger partial charge in [0.1, 0.15) is 0 Å². The van der Waals surface area contributed by atoms with Crippen LogP contribution in [0.3, 0.4) is 0 Å². The number of likely N-dealkylation sites (N-methyl/N-ethyl adjacent to an activating group) is 1. The highest BCUT2D eigenvalue weighted by molar-refractivity contribution is 4.81. The minimum absolute atomic E-state index is 0.290. The Morgan fingerprint density at radius 3 is 2.64 bits per heavy atom. The molecule has 0 saturated carbocycles. The molecule has 1 saturated heterocycles. The summed E-state index contributed by atoms with van der Waals surface area (Å²) in [5, 5.41) is 8.98. The number of piperazine rings is 1. The van der Waals surface area contributed by atoms with E-state index < -0.39 is 0 Å². The highest BCUT2D eigenvalue weighted by Gasteiger charge is 2.24. The van der Waals surface area contributed by atoms with Gasteiger partial charge in [-0.1, -0.05) is 13.8 Å². The van der Waals surface area contributed by atoms with E-state index in [2.05, 4.69) is 30.7 Å². The molecule has 1 unspecified atom stereocenters. The lowest BCUT2D eigenvalue weighted by Crippen LogP contribution is -2.52. The van der Waals surface area contributed by atoms with E-state index in [0.717, 1.165) is 32.1 Å². The maximum absolute atomic E-state index is 8.98. The summed E-state index contributed by atoms with van der Waals surface area (Å²) in [4.78, 5) is 4.82. The average Bonchev–Trinajstić information content (AvgIpc) is 2.09. The molecule has 1 rings (SSSR count). The lowest BCUT2D eigenvalue weighted by molar-refractivity contribution is 0.0621. The third-order valence-corrected chi connectivity index (χ3v) is 2.94. The molecule has 1 heterocycles. The van der Waals surface area contributed by atoms with Gasteiger partial charge in [0.2, 0.25) is 0 Å². The first kappa shape index (κ1) is 12.0. The van der Waals surface area contributed by atoms with Crippen LogP contribution in [-0.4, -0.2) is 60.8 Å². The summed E-state index contributed by atoms with van der Waals surface area (Å²) >= 11 is 0. The number of aliphatic hydroxyl groups is 1. The Hall–Kier alpha value is -0.120. The molecule has 1 atom stereocenters. The van der Waals surface area contributed by atoms with Crippen LogP contribution in [0.4, 0.5) is 0 Å². The second-order valence-electron chi connectivity index (χ2n) is 4.81. The molecule has 0 amide bonds. The first-order valence-electron chi connectivity index (χ1n) is 5.67. The second kappa shape index (κ2) is 5.69. The van der Waals surface area contributed by atoms with Crippen molar-refractivity contribution in [3.63, 3.8) is 0 Å². The molecular weight excluding hydrogens is 176 g/mol. The Bertz CT molecular complexity index is 159. The fourth-order valence-corrected chi connectivity index (χ4v) is 2.24.